The van der Waals surface area contributed by atoms with Crippen molar-refractivity contribution in [3.8, 4) is 0 Å². The van der Waals surface area contributed by atoms with Gasteiger partial charge in [-0.05, 0) is 17.0 Å². The fourth-order valence-corrected chi connectivity index (χ4v) is 4.47. The van der Waals surface area contributed by atoms with Crippen LogP contribution in [0, 0.1) is 0 Å². The Labute approximate surface area is 126 Å². The number of ether oxygens (including phenoxy) is 1. The van der Waals surface area contributed by atoms with Gasteiger partial charge in [0.2, 0.25) is 0 Å². The molecule has 1 heterocycles. The van der Waals surface area contributed by atoms with Crippen LogP contribution >= 0.6 is 11.3 Å². The van der Waals surface area contributed by atoms with Gasteiger partial charge in [0.1, 0.15) is 4.21 Å². The Morgan fingerprint density at radius 3 is 2.70 bits per heavy atom. The highest BCUT2D eigenvalue weighted by Gasteiger charge is 2.24. The first-order chi connectivity index (χ1) is 9.41. The number of likely N-dealkylation sites (N-methyl/N-ethyl adjacent to an activating group) is 1. The second kappa shape index (κ2) is 8.09. The van der Waals surface area contributed by atoms with Crippen molar-refractivity contribution < 1.29 is 13.2 Å². The molecule has 7 heteroatoms. The number of sulfonamides is 1. The zero-order valence-electron chi connectivity index (χ0n) is 12.5. The highest BCUT2D eigenvalue weighted by atomic mass is 32.2. The molecular weight excluding hydrogens is 296 g/mol. The lowest BCUT2D eigenvalue weighted by atomic mass is 10.3. The Kier molecular flexibility index (Phi) is 7.11. The van der Waals surface area contributed by atoms with Crippen molar-refractivity contribution in [2.75, 3.05) is 26.8 Å². The SMILES string of the molecule is CCN(CCOC)S(=O)(=O)c1cc(CNC(C)C)cs1. The third-order valence-electron chi connectivity index (χ3n) is 2.84. The van der Waals surface area contributed by atoms with Crippen LogP contribution in [0.3, 0.4) is 0 Å². The summed E-state index contributed by atoms with van der Waals surface area (Å²) < 4.78 is 31.8. The third kappa shape index (κ3) is 4.82. The Morgan fingerprint density at radius 1 is 1.45 bits per heavy atom. The van der Waals surface area contributed by atoms with E-state index in [2.05, 4.69) is 19.2 Å². The molecule has 0 aromatic carbocycles. The van der Waals surface area contributed by atoms with E-state index in [0.717, 1.165) is 5.56 Å². The summed E-state index contributed by atoms with van der Waals surface area (Å²) in [5.41, 5.74) is 1.00. The summed E-state index contributed by atoms with van der Waals surface area (Å²) in [5.74, 6) is 0. The van der Waals surface area contributed by atoms with Gasteiger partial charge in [0.15, 0.2) is 0 Å². The Balaban J connectivity index is 2.81. The van der Waals surface area contributed by atoms with Gasteiger partial charge in [-0.3, -0.25) is 0 Å². The van der Waals surface area contributed by atoms with Crippen LogP contribution in [0.15, 0.2) is 15.7 Å². The fraction of sp³-hybridized carbons (Fsp3) is 0.692. The van der Waals surface area contributed by atoms with E-state index in [4.69, 9.17) is 4.74 Å². The standard InChI is InChI=1S/C13H24N2O3S2/c1-5-15(6-7-18-4)20(16,17)13-8-12(10-19-13)9-14-11(2)3/h8,10-11,14H,5-7,9H2,1-4H3. The van der Waals surface area contributed by atoms with E-state index >= 15 is 0 Å². The first kappa shape index (κ1) is 17.6. The highest BCUT2D eigenvalue weighted by Crippen LogP contribution is 2.23. The minimum atomic E-state index is -3.40. The monoisotopic (exact) mass is 320 g/mol. The zero-order chi connectivity index (χ0) is 15.2. The van der Waals surface area contributed by atoms with Crippen LogP contribution in [0.25, 0.3) is 0 Å². The largest absolute Gasteiger partial charge is 0.383 e. The molecule has 0 fully saturated rings. The number of methoxy groups -OCH3 is 1. The van der Waals surface area contributed by atoms with Crippen molar-refractivity contribution in [1.29, 1.82) is 0 Å². The molecular formula is C13H24N2O3S2. The highest BCUT2D eigenvalue weighted by molar-refractivity contribution is 7.91. The van der Waals surface area contributed by atoms with Crippen molar-refractivity contribution in [2.24, 2.45) is 0 Å². The van der Waals surface area contributed by atoms with Crippen LogP contribution in [0.2, 0.25) is 0 Å². The van der Waals surface area contributed by atoms with Crippen molar-refractivity contribution in [3.05, 3.63) is 17.0 Å². The summed E-state index contributed by atoms with van der Waals surface area (Å²) in [6.45, 7) is 7.88. The van der Waals surface area contributed by atoms with Crippen molar-refractivity contribution >= 4 is 21.4 Å². The maximum Gasteiger partial charge on any atom is 0.252 e. The Hall–Kier alpha value is -0.470. The molecule has 0 amide bonds. The molecule has 5 nitrogen and oxygen atoms in total. The fourth-order valence-electron chi connectivity index (χ4n) is 1.67. The Morgan fingerprint density at radius 2 is 2.15 bits per heavy atom. The van der Waals surface area contributed by atoms with E-state index in [-0.39, 0.29) is 0 Å². The molecule has 20 heavy (non-hydrogen) atoms. The summed E-state index contributed by atoms with van der Waals surface area (Å²) in [6, 6.07) is 2.13. The molecule has 0 unspecified atom stereocenters. The van der Waals surface area contributed by atoms with Gasteiger partial charge in [0.25, 0.3) is 10.0 Å². The molecule has 0 bridgehead atoms. The minimum absolute atomic E-state index is 0.379. The summed E-state index contributed by atoms with van der Waals surface area (Å²) in [5, 5.41) is 5.18. The van der Waals surface area contributed by atoms with E-state index < -0.39 is 10.0 Å². The second-order valence-corrected chi connectivity index (χ2v) is 7.88. The van der Waals surface area contributed by atoms with Gasteiger partial charge < -0.3 is 10.1 Å². The van der Waals surface area contributed by atoms with E-state index in [1.807, 2.05) is 12.3 Å². The number of nitrogens with zero attached hydrogens (tertiary/aromatic N) is 1. The molecule has 1 N–H and O–H groups in total. The molecule has 116 valence electrons. The molecule has 1 aromatic heterocycles. The quantitative estimate of drug-likeness (QED) is 0.755. The number of hydrogen-bond acceptors (Lipinski definition) is 5. The summed E-state index contributed by atoms with van der Waals surface area (Å²) in [7, 11) is -1.83. The second-order valence-electron chi connectivity index (χ2n) is 4.80. The van der Waals surface area contributed by atoms with Crippen molar-refractivity contribution in [3.63, 3.8) is 0 Å². The van der Waals surface area contributed by atoms with Gasteiger partial charge in [-0.25, -0.2) is 8.42 Å². The normalized spacial score (nSPS) is 12.5. The summed E-state index contributed by atoms with van der Waals surface area (Å²) in [4.78, 5) is 0. The smallest absolute Gasteiger partial charge is 0.252 e. The number of rotatable bonds is 9. The van der Waals surface area contributed by atoms with Crippen LogP contribution in [0.5, 0.6) is 0 Å². The van der Waals surface area contributed by atoms with Gasteiger partial charge in [0, 0.05) is 32.8 Å². The third-order valence-corrected chi connectivity index (χ3v) is 6.27. The van der Waals surface area contributed by atoms with E-state index in [9.17, 15) is 8.42 Å². The predicted octanol–water partition coefficient (Wildman–Crippen LogP) is 1.90. The average Bonchev–Trinajstić information content (AvgIpc) is 2.86. The molecule has 0 saturated carbocycles. The number of thiophene rings is 1. The van der Waals surface area contributed by atoms with Gasteiger partial charge in [-0.2, -0.15) is 4.31 Å². The van der Waals surface area contributed by atoms with Crippen molar-refractivity contribution in [1.82, 2.24) is 9.62 Å². The zero-order valence-corrected chi connectivity index (χ0v) is 14.2. The minimum Gasteiger partial charge on any atom is -0.383 e. The maximum absolute atomic E-state index is 12.5. The molecule has 0 spiro atoms. The molecule has 1 aromatic rings. The van der Waals surface area contributed by atoms with Gasteiger partial charge in [-0.1, -0.05) is 20.8 Å². The molecule has 0 saturated heterocycles. The van der Waals surface area contributed by atoms with E-state index in [0.29, 0.717) is 36.5 Å². The topological polar surface area (TPSA) is 58.6 Å². The molecule has 0 aliphatic carbocycles. The predicted molar refractivity (Wildman–Crippen MR) is 82.6 cm³/mol. The molecule has 0 aliphatic heterocycles. The molecule has 0 radical (unpaired) electrons. The lowest BCUT2D eigenvalue weighted by molar-refractivity contribution is 0.180. The van der Waals surface area contributed by atoms with E-state index in [1.54, 1.807) is 13.2 Å². The maximum atomic E-state index is 12.5. The first-order valence-corrected chi connectivity index (χ1v) is 9.03. The molecule has 0 atom stereocenters. The van der Waals surface area contributed by atoms with Crippen LogP contribution in [-0.4, -0.2) is 45.6 Å². The Bertz CT molecular complexity index is 497. The number of hydrogen-bond donors (Lipinski definition) is 1. The average molecular weight is 320 g/mol. The van der Waals surface area contributed by atoms with Crippen LogP contribution in [0.1, 0.15) is 26.3 Å². The lowest BCUT2D eigenvalue weighted by Gasteiger charge is -2.18. The van der Waals surface area contributed by atoms with Crippen molar-refractivity contribution in [2.45, 2.75) is 37.6 Å². The van der Waals surface area contributed by atoms with Crippen LogP contribution in [-0.2, 0) is 21.3 Å². The summed E-state index contributed by atoms with van der Waals surface area (Å²) >= 11 is 1.27. The van der Waals surface area contributed by atoms with E-state index in [1.165, 1.54) is 15.6 Å². The molecule has 0 aliphatic rings. The van der Waals surface area contributed by atoms with Crippen LogP contribution < -0.4 is 5.32 Å². The lowest BCUT2D eigenvalue weighted by Crippen LogP contribution is -2.33. The summed E-state index contributed by atoms with van der Waals surface area (Å²) in [6.07, 6.45) is 0. The van der Waals surface area contributed by atoms with Gasteiger partial charge in [0.05, 0.1) is 6.61 Å². The number of nitrogens with one attached hydrogen (secondary N) is 1. The molecule has 1 rings (SSSR count). The van der Waals surface area contributed by atoms with Gasteiger partial charge in [-0.15, -0.1) is 11.3 Å². The van der Waals surface area contributed by atoms with Gasteiger partial charge >= 0.3 is 0 Å². The first-order valence-electron chi connectivity index (χ1n) is 6.71. The van der Waals surface area contributed by atoms with Crippen LogP contribution in [0.4, 0.5) is 0 Å².